The molecular weight excluding hydrogens is 364 g/mol. The zero-order valence-corrected chi connectivity index (χ0v) is 17.3. The highest BCUT2D eigenvalue weighted by Crippen LogP contribution is 2.27. The standard InChI is InChI=1S/C8H16O5S.C7H14O3.C2H6/c1-3-8(11-6-7-12-8)4-5-13-14(2,9)10;1-2-7(3-4-8)9-5-6-10-7;1-2/h3-7H2,1-2H3;8H,2-6H2,1H3;1-2H3/i;;1D. The van der Waals surface area contributed by atoms with E-state index in [1.165, 1.54) is 0 Å². The molecule has 0 aliphatic carbocycles. The normalized spacial score (nSPS) is 21.2. The Morgan fingerprint density at radius 2 is 1.38 bits per heavy atom. The molecule has 0 aromatic rings. The molecule has 0 unspecified atom stereocenters. The van der Waals surface area contributed by atoms with Gasteiger partial charge in [-0.2, -0.15) is 8.42 Å². The molecule has 9 heteroatoms. The Morgan fingerprint density at radius 3 is 1.69 bits per heavy atom. The highest BCUT2D eigenvalue weighted by atomic mass is 32.2. The van der Waals surface area contributed by atoms with Crippen LogP contribution in [0.25, 0.3) is 0 Å². The van der Waals surface area contributed by atoms with E-state index >= 15 is 0 Å². The average molecular weight is 402 g/mol. The first kappa shape index (κ1) is 23.7. The maximum atomic E-state index is 10.7. The third-order valence-corrected chi connectivity index (χ3v) is 4.57. The predicted molar refractivity (Wildman–Crippen MR) is 98.3 cm³/mol. The van der Waals surface area contributed by atoms with Crippen molar-refractivity contribution in [3.8, 4) is 0 Å². The minimum absolute atomic E-state index is 0.104. The monoisotopic (exact) mass is 401 g/mol. The summed E-state index contributed by atoms with van der Waals surface area (Å²) in [5.74, 6) is -1.10. The van der Waals surface area contributed by atoms with Crippen LogP contribution in [-0.2, 0) is 33.2 Å². The fourth-order valence-corrected chi connectivity index (χ4v) is 2.95. The lowest BCUT2D eigenvalue weighted by Gasteiger charge is -2.25. The van der Waals surface area contributed by atoms with Crippen molar-refractivity contribution >= 4 is 10.1 Å². The molecule has 26 heavy (non-hydrogen) atoms. The van der Waals surface area contributed by atoms with Gasteiger partial charge in [-0.25, -0.2) is 0 Å². The quantitative estimate of drug-likeness (QED) is 0.617. The molecule has 0 radical (unpaired) electrons. The van der Waals surface area contributed by atoms with Crippen LogP contribution < -0.4 is 0 Å². The van der Waals surface area contributed by atoms with Gasteiger partial charge < -0.3 is 24.1 Å². The second kappa shape index (κ2) is 13.0. The zero-order chi connectivity index (χ0) is 20.8. The summed E-state index contributed by atoms with van der Waals surface area (Å²) in [6.07, 6.45) is 3.57. The average Bonchev–Trinajstić information content (AvgIpc) is 3.26. The van der Waals surface area contributed by atoms with Crippen LogP contribution in [-0.4, -0.2) is 71.0 Å². The molecule has 2 fully saturated rings. The minimum atomic E-state index is -3.36. The largest absolute Gasteiger partial charge is 0.396 e. The summed E-state index contributed by atoms with van der Waals surface area (Å²) in [5, 5.41) is 8.66. The van der Waals surface area contributed by atoms with Crippen LogP contribution in [0.4, 0.5) is 0 Å². The van der Waals surface area contributed by atoms with E-state index in [0.29, 0.717) is 52.6 Å². The van der Waals surface area contributed by atoms with Crippen molar-refractivity contribution < 1.29 is 38.0 Å². The van der Waals surface area contributed by atoms with E-state index in [1.807, 2.05) is 13.8 Å². The van der Waals surface area contributed by atoms with Gasteiger partial charge >= 0.3 is 0 Å². The van der Waals surface area contributed by atoms with Gasteiger partial charge in [-0.15, -0.1) is 0 Å². The third-order valence-electron chi connectivity index (χ3n) is 3.98. The van der Waals surface area contributed by atoms with Crippen molar-refractivity contribution in [1.82, 2.24) is 0 Å². The summed E-state index contributed by atoms with van der Waals surface area (Å²) < 4.78 is 53.7. The Labute approximate surface area is 159 Å². The molecule has 0 saturated carbocycles. The van der Waals surface area contributed by atoms with E-state index < -0.39 is 21.7 Å². The van der Waals surface area contributed by atoms with Crippen LogP contribution in [0.3, 0.4) is 0 Å². The van der Waals surface area contributed by atoms with E-state index in [-0.39, 0.29) is 13.2 Å². The lowest BCUT2D eigenvalue weighted by atomic mass is 10.1. The van der Waals surface area contributed by atoms with Crippen LogP contribution in [0, 0.1) is 0 Å². The number of rotatable bonds is 8. The molecule has 8 nitrogen and oxygen atoms in total. The minimum Gasteiger partial charge on any atom is -0.396 e. The molecule has 0 bridgehead atoms. The van der Waals surface area contributed by atoms with Gasteiger partial charge in [0.1, 0.15) is 0 Å². The molecule has 158 valence electrons. The van der Waals surface area contributed by atoms with Gasteiger partial charge in [-0.1, -0.05) is 27.7 Å². The van der Waals surface area contributed by atoms with Crippen molar-refractivity contribution in [3.05, 3.63) is 0 Å². The Bertz CT molecular complexity index is 460. The van der Waals surface area contributed by atoms with Gasteiger partial charge in [0.2, 0.25) is 0 Å². The predicted octanol–water partition coefficient (Wildman–Crippen LogP) is 2.05. The molecule has 2 saturated heterocycles. The maximum absolute atomic E-state index is 10.7. The maximum Gasteiger partial charge on any atom is 0.264 e. The molecule has 0 aromatic carbocycles. The summed E-state index contributed by atoms with van der Waals surface area (Å²) in [5.41, 5.74) is 0. The third kappa shape index (κ3) is 9.59. The van der Waals surface area contributed by atoms with Crippen molar-refractivity contribution in [2.45, 2.75) is 64.9 Å². The first-order valence-corrected chi connectivity index (χ1v) is 10.8. The molecule has 0 aromatic heterocycles. The second-order valence-corrected chi connectivity index (χ2v) is 7.32. The molecule has 0 amide bonds. The number of aliphatic hydroxyl groups is 1. The van der Waals surface area contributed by atoms with Crippen molar-refractivity contribution in [2.75, 3.05) is 45.9 Å². The summed E-state index contributed by atoms with van der Waals surface area (Å²) in [7, 11) is -3.36. The van der Waals surface area contributed by atoms with E-state index in [4.69, 9.17) is 25.4 Å². The second-order valence-electron chi connectivity index (χ2n) is 5.67. The molecule has 2 aliphatic heterocycles. The van der Waals surface area contributed by atoms with Gasteiger partial charge in [-0.3, -0.25) is 4.18 Å². The van der Waals surface area contributed by atoms with E-state index in [0.717, 1.165) is 12.7 Å². The van der Waals surface area contributed by atoms with Gasteiger partial charge in [0.25, 0.3) is 10.1 Å². The van der Waals surface area contributed by atoms with E-state index in [2.05, 4.69) is 4.18 Å². The Kier molecular flexibility index (Phi) is 11.9. The first-order valence-electron chi connectivity index (χ1n) is 9.73. The van der Waals surface area contributed by atoms with Crippen LogP contribution in [0.5, 0.6) is 0 Å². The summed E-state index contributed by atoms with van der Waals surface area (Å²) in [4.78, 5) is 0. The van der Waals surface area contributed by atoms with Gasteiger partial charge in [0.15, 0.2) is 11.6 Å². The molecular formula is C17H36O8S. The Balaban J connectivity index is 0.000000455. The SMILES string of the molecule is CCC1(CCO)OCCO1.CCC1(CCOS(C)(=O)=O)OCCO1.[2H]CC. The smallest absolute Gasteiger partial charge is 0.264 e. The molecule has 0 atom stereocenters. The number of hydrogen-bond acceptors (Lipinski definition) is 8. The highest BCUT2D eigenvalue weighted by molar-refractivity contribution is 7.85. The van der Waals surface area contributed by atoms with Crippen LogP contribution in [0.1, 0.15) is 54.7 Å². The molecule has 1 N–H and O–H groups in total. The van der Waals surface area contributed by atoms with E-state index in [9.17, 15) is 8.42 Å². The van der Waals surface area contributed by atoms with Crippen LogP contribution >= 0.6 is 0 Å². The molecule has 0 spiro atoms. The molecule has 2 rings (SSSR count). The summed E-state index contributed by atoms with van der Waals surface area (Å²) in [6.45, 7) is 8.91. The van der Waals surface area contributed by atoms with Gasteiger partial charge in [0.05, 0.1) is 39.3 Å². The molecule has 2 heterocycles. The van der Waals surface area contributed by atoms with Crippen LogP contribution in [0.15, 0.2) is 0 Å². The van der Waals surface area contributed by atoms with Crippen molar-refractivity contribution in [1.29, 1.82) is 0 Å². The fourth-order valence-electron chi connectivity index (χ4n) is 2.56. The Hall–Kier alpha value is -0.290. The fraction of sp³-hybridized carbons (Fsp3) is 1.00. The number of hydrogen-bond donors (Lipinski definition) is 1. The van der Waals surface area contributed by atoms with Crippen molar-refractivity contribution in [3.63, 3.8) is 0 Å². The first-order chi connectivity index (χ1) is 12.7. The number of ether oxygens (including phenoxy) is 4. The van der Waals surface area contributed by atoms with Gasteiger partial charge in [-0.05, 0) is 12.8 Å². The van der Waals surface area contributed by atoms with E-state index in [1.54, 1.807) is 6.92 Å². The topological polar surface area (TPSA) is 101 Å². The van der Waals surface area contributed by atoms with Gasteiger partial charge in [0, 0.05) is 20.8 Å². The highest BCUT2D eigenvalue weighted by Gasteiger charge is 2.34. The van der Waals surface area contributed by atoms with Crippen LogP contribution in [0.2, 0.25) is 0 Å². The van der Waals surface area contributed by atoms with Crippen molar-refractivity contribution in [2.24, 2.45) is 0 Å². The molecule has 2 aliphatic rings. The summed E-state index contributed by atoms with van der Waals surface area (Å²) >= 11 is 0. The summed E-state index contributed by atoms with van der Waals surface area (Å²) in [6, 6.07) is 0. The lowest BCUT2D eigenvalue weighted by Crippen LogP contribution is -2.31. The lowest BCUT2D eigenvalue weighted by molar-refractivity contribution is -0.168. The Morgan fingerprint density at radius 1 is 1.00 bits per heavy atom. The zero-order valence-electron chi connectivity index (χ0n) is 17.5. The number of aliphatic hydroxyl groups excluding tert-OH is 1.